The first-order valence-corrected chi connectivity index (χ1v) is 10.2. The van der Waals surface area contributed by atoms with Crippen LogP contribution in [0.1, 0.15) is 49.9 Å². The first-order chi connectivity index (χ1) is 12.1. The molecule has 1 heterocycles. The van der Waals surface area contributed by atoms with E-state index in [1.165, 1.54) is 28.6 Å². The van der Waals surface area contributed by atoms with Crippen LogP contribution in [-0.2, 0) is 14.8 Å². The summed E-state index contributed by atoms with van der Waals surface area (Å²) in [6, 6.07) is 5.85. The number of piperidine rings is 1. The minimum atomic E-state index is -3.51. The molecule has 0 bridgehead atoms. The Morgan fingerprint density at radius 1 is 1.12 bits per heavy atom. The average molecular weight is 382 g/mol. The third-order valence-electron chi connectivity index (χ3n) is 4.68. The lowest BCUT2D eigenvalue weighted by atomic mass is 9.90. The number of carbonyl (C=O) groups is 2. The van der Waals surface area contributed by atoms with Crippen molar-refractivity contribution in [3.05, 3.63) is 29.8 Å². The van der Waals surface area contributed by atoms with Gasteiger partial charge in [0.1, 0.15) is 0 Å². The van der Waals surface area contributed by atoms with Crippen LogP contribution in [0.3, 0.4) is 0 Å². The highest BCUT2D eigenvalue weighted by Gasteiger charge is 2.27. The second-order valence-corrected chi connectivity index (χ2v) is 9.12. The summed E-state index contributed by atoms with van der Waals surface area (Å²) in [6.07, 6.45) is 3.08. The van der Waals surface area contributed by atoms with Crippen LogP contribution in [0.25, 0.3) is 0 Å². The van der Waals surface area contributed by atoms with Crippen LogP contribution >= 0.6 is 0 Å². The molecule has 1 aromatic carbocycles. The van der Waals surface area contributed by atoms with E-state index in [4.69, 9.17) is 5.11 Å². The molecule has 0 unspecified atom stereocenters. The van der Waals surface area contributed by atoms with Gasteiger partial charge < -0.3 is 10.4 Å². The second kappa shape index (κ2) is 8.18. The van der Waals surface area contributed by atoms with Crippen LogP contribution in [-0.4, -0.2) is 49.3 Å². The van der Waals surface area contributed by atoms with Gasteiger partial charge in [-0.2, -0.15) is 4.31 Å². The minimum Gasteiger partial charge on any atom is -0.481 e. The molecule has 8 heteroatoms. The molecule has 1 aliphatic rings. The number of hydrogen-bond acceptors (Lipinski definition) is 4. The summed E-state index contributed by atoms with van der Waals surface area (Å²) in [7, 11) is -3.51. The molecule has 1 aliphatic heterocycles. The van der Waals surface area contributed by atoms with Gasteiger partial charge in [0.2, 0.25) is 10.0 Å². The lowest BCUT2D eigenvalue weighted by molar-refractivity contribution is -0.147. The van der Waals surface area contributed by atoms with Crippen molar-refractivity contribution < 1.29 is 23.1 Å². The Morgan fingerprint density at radius 3 is 2.23 bits per heavy atom. The van der Waals surface area contributed by atoms with Gasteiger partial charge in [-0.25, -0.2) is 8.42 Å². The van der Waals surface area contributed by atoms with Gasteiger partial charge >= 0.3 is 5.97 Å². The molecular formula is C18H26N2O5S. The highest BCUT2D eigenvalue weighted by molar-refractivity contribution is 7.89. The van der Waals surface area contributed by atoms with Crippen molar-refractivity contribution >= 4 is 21.9 Å². The molecule has 0 saturated carbocycles. The fraction of sp³-hybridized carbons (Fsp3) is 0.556. The Kier molecular flexibility index (Phi) is 6.41. The molecular weight excluding hydrogens is 356 g/mol. The molecule has 2 rings (SSSR count). The topological polar surface area (TPSA) is 104 Å². The Balaban J connectivity index is 1.98. The van der Waals surface area contributed by atoms with Crippen LogP contribution < -0.4 is 5.32 Å². The van der Waals surface area contributed by atoms with Crippen molar-refractivity contribution in [3.63, 3.8) is 0 Å². The highest BCUT2D eigenvalue weighted by Crippen LogP contribution is 2.21. The number of nitrogens with zero attached hydrogens (tertiary/aromatic N) is 1. The maximum absolute atomic E-state index is 12.6. The number of benzene rings is 1. The van der Waals surface area contributed by atoms with Crippen molar-refractivity contribution in [1.29, 1.82) is 0 Å². The van der Waals surface area contributed by atoms with E-state index in [0.717, 1.165) is 19.3 Å². The number of nitrogens with one attached hydrogen (secondary N) is 1. The normalized spacial score (nSPS) is 16.2. The largest absolute Gasteiger partial charge is 0.481 e. The number of carboxylic acid groups (broad SMARTS) is 1. The van der Waals surface area contributed by atoms with Crippen molar-refractivity contribution in [2.45, 2.75) is 44.4 Å². The van der Waals surface area contributed by atoms with E-state index < -0.39 is 21.4 Å². The number of sulfonamides is 1. The van der Waals surface area contributed by atoms with Gasteiger partial charge in [0.25, 0.3) is 5.91 Å². The van der Waals surface area contributed by atoms with Crippen molar-refractivity contribution in [3.8, 4) is 0 Å². The fourth-order valence-electron chi connectivity index (χ4n) is 2.73. The van der Waals surface area contributed by atoms with Crippen molar-refractivity contribution in [1.82, 2.24) is 9.62 Å². The van der Waals surface area contributed by atoms with E-state index in [-0.39, 0.29) is 17.3 Å². The summed E-state index contributed by atoms with van der Waals surface area (Å²) in [5.41, 5.74) is -0.574. The van der Waals surface area contributed by atoms with Gasteiger partial charge in [0.15, 0.2) is 0 Å². The first kappa shape index (κ1) is 20.4. The van der Waals surface area contributed by atoms with Crippen molar-refractivity contribution in [2.24, 2.45) is 5.41 Å². The van der Waals surface area contributed by atoms with E-state index in [1.54, 1.807) is 13.8 Å². The molecule has 26 heavy (non-hydrogen) atoms. The lowest BCUT2D eigenvalue weighted by Gasteiger charge is -2.25. The van der Waals surface area contributed by atoms with Crippen LogP contribution in [0.2, 0.25) is 0 Å². The standard InChI is InChI=1S/C18H26N2O5S/c1-18(2,17(22)23)10-11-19-16(21)14-6-8-15(9-7-14)26(24,25)20-12-4-3-5-13-20/h6-9H,3-5,10-13H2,1-2H3,(H,19,21)(H,22,23). The van der Waals surface area contributed by atoms with Gasteiger partial charge in [-0.3, -0.25) is 9.59 Å². The summed E-state index contributed by atoms with van der Waals surface area (Å²) >= 11 is 0. The second-order valence-electron chi connectivity index (χ2n) is 7.18. The van der Waals surface area contributed by atoms with Gasteiger partial charge in [-0.15, -0.1) is 0 Å². The monoisotopic (exact) mass is 382 g/mol. The summed E-state index contributed by atoms with van der Waals surface area (Å²) in [6.45, 7) is 4.49. The summed E-state index contributed by atoms with van der Waals surface area (Å²) in [5.74, 6) is -1.27. The Labute approximate surface area is 154 Å². The Hall–Kier alpha value is -1.93. The molecule has 0 spiro atoms. The van der Waals surface area contributed by atoms with E-state index in [9.17, 15) is 18.0 Å². The fourth-order valence-corrected chi connectivity index (χ4v) is 4.25. The molecule has 0 aromatic heterocycles. The molecule has 2 N–H and O–H groups in total. The molecule has 1 saturated heterocycles. The molecule has 0 atom stereocenters. The number of carboxylic acids is 1. The quantitative estimate of drug-likeness (QED) is 0.751. The van der Waals surface area contributed by atoms with Crippen LogP contribution in [0.5, 0.6) is 0 Å². The zero-order chi connectivity index (χ0) is 19.4. The minimum absolute atomic E-state index is 0.183. The molecule has 144 valence electrons. The van der Waals surface area contributed by atoms with Crippen LogP contribution in [0.15, 0.2) is 29.2 Å². The van der Waals surface area contributed by atoms with Gasteiger partial charge in [0, 0.05) is 25.2 Å². The number of amides is 1. The highest BCUT2D eigenvalue weighted by atomic mass is 32.2. The maximum Gasteiger partial charge on any atom is 0.309 e. The molecule has 1 amide bonds. The van der Waals surface area contributed by atoms with Gasteiger partial charge in [-0.05, 0) is 57.4 Å². The van der Waals surface area contributed by atoms with Crippen LogP contribution in [0.4, 0.5) is 0 Å². The maximum atomic E-state index is 12.6. The molecule has 0 radical (unpaired) electrons. The Morgan fingerprint density at radius 2 is 1.69 bits per heavy atom. The Bertz CT molecular complexity index is 750. The van der Waals surface area contributed by atoms with Crippen LogP contribution in [0, 0.1) is 5.41 Å². The van der Waals surface area contributed by atoms with E-state index in [1.807, 2.05) is 0 Å². The molecule has 1 aromatic rings. The molecule has 7 nitrogen and oxygen atoms in total. The number of carbonyl (C=O) groups excluding carboxylic acids is 1. The molecule has 1 fully saturated rings. The number of hydrogen-bond donors (Lipinski definition) is 2. The van der Waals surface area contributed by atoms with E-state index in [0.29, 0.717) is 25.1 Å². The third-order valence-corrected chi connectivity index (χ3v) is 6.60. The first-order valence-electron chi connectivity index (χ1n) is 8.76. The summed E-state index contributed by atoms with van der Waals surface area (Å²) in [4.78, 5) is 23.4. The van der Waals surface area contributed by atoms with E-state index >= 15 is 0 Å². The number of rotatable bonds is 7. The summed E-state index contributed by atoms with van der Waals surface area (Å²) < 4.78 is 26.7. The molecule has 0 aliphatic carbocycles. The summed E-state index contributed by atoms with van der Waals surface area (Å²) in [5, 5.41) is 11.7. The third kappa shape index (κ3) is 4.82. The zero-order valence-corrected chi connectivity index (χ0v) is 16.0. The van der Waals surface area contributed by atoms with Gasteiger partial charge in [0.05, 0.1) is 10.3 Å². The van der Waals surface area contributed by atoms with Crippen molar-refractivity contribution in [2.75, 3.05) is 19.6 Å². The van der Waals surface area contributed by atoms with E-state index in [2.05, 4.69) is 5.32 Å². The average Bonchev–Trinajstić information content (AvgIpc) is 2.62. The predicted octanol–water partition coefficient (Wildman–Crippen LogP) is 2.09. The van der Waals surface area contributed by atoms with Gasteiger partial charge in [-0.1, -0.05) is 6.42 Å². The number of aliphatic carboxylic acids is 1. The SMILES string of the molecule is CC(C)(CCNC(=O)c1ccc(S(=O)(=O)N2CCCCC2)cc1)C(=O)O. The zero-order valence-electron chi connectivity index (χ0n) is 15.2. The lowest BCUT2D eigenvalue weighted by Crippen LogP contribution is -2.35. The predicted molar refractivity (Wildman–Crippen MR) is 97.4 cm³/mol. The smallest absolute Gasteiger partial charge is 0.309 e.